The van der Waals surface area contributed by atoms with Crippen molar-refractivity contribution in [2.75, 3.05) is 11.5 Å². The Kier molecular flexibility index (Phi) is 6.70. The monoisotopic (exact) mass is 390 g/mol. The molecular weight excluding hydrogens is 360 g/mol. The normalized spacial score (nSPS) is 11.8. The molecule has 0 aliphatic carbocycles. The molecule has 0 aliphatic rings. The Hall–Kier alpha value is -1.40. The number of nitrogens with two attached hydrogens (primary N) is 2. The van der Waals surface area contributed by atoms with Crippen molar-refractivity contribution in [3.63, 3.8) is 0 Å². The van der Waals surface area contributed by atoms with E-state index in [4.69, 9.17) is 21.4 Å². The molecule has 0 amide bonds. The third kappa shape index (κ3) is 4.12. The minimum absolute atomic E-state index is 0.662. The zero-order valence-electron chi connectivity index (χ0n) is 15.9. The van der Waals surface area contributed by atoms with E-state index in [1.165, 1.54) is 71.9 Å². The lowest BCUT2D eigenvalue weighted by Crippen LogP contribution is -1.95. The maximum absolute atomic E-state index is 6.11. The lowest BCUT2D eigenvalue weighted by atomic mass is 9.99. The number of hydrogen-bond donors (Lipinski definition) is 2. The Balaban J connectivity index is 2.02. The molecule has 0 spiro atoms. The van der Waals surface area contributed by atoms with Gasteiger partial charge in [0.25, 0.3) is 0 Å². The smallest absolute Gasteiger partial charge is 0.181 e. The molecule has 6 heteroatoms. The van der Waals surface area contributed by atoms with E-state index in [2.05, 4.69) is 13.8 Å². The van der Waals surface area contributed by atoms with Crippen molar-refractivity contribution in [2.24, 2.45) is 0 Å². The van der Waals surface area contributed by atoms with Gasteiger partial charge in [-0.25, -0.2) is 9.97 Å². The molecule has 3 rings (SSSR count). The van der Waals surface area contributed by atoms with Crippen LogP contribution in [0.2, 0.25) is 0 Å². The first-order chi connectivity index (χ1) is 12.7. The van der Waals surface area contributed by atoms with Gasteiger partial charge < -0.3 is 11.5 Å². The van der Waals surface area contributed by atoms with Crippen molar-refractivity contribution >= 4 is 53.4 Å². The summed E-state index contributed by atoms with van der Waals surface area (Å²) in [6.45, 7) is 4.49. The summed E-state index contributed by atoms with van der Waals surface area (Å²) in [5, 5.41) is 1.32. The highest BCUT2D eigenvalue weighted by atomic mass is 32.1. The summed E-state index contributed by atoms with van der Waals surface area (Å²) in [7, 11) is 0. The third-order valence-corrected chi connectivity index (χ3v) is 6.86. The number of nitrogen functional groups attached to an aromatic ring is 2. The van der Waals surface area contributed by atoms with Gasteiger partial charge in [-0.1, -0.05) is 75.0 Å². The molecule has 26 heavy (non-hydrogen) atoms. The number of thiazole rings is 2. The number of unbranched alkanes of at least 4 members (excludes halogenated alkanes) is 6. The minimum Gasteiger partial charge on any atom is -0.375 e. The van der Waals surface area contributed by atoms with Crippen molar-refractivity contribution in [2.45, 2.75) is 78.1 Å². The average Bonchev–Trinajstić information content (AvgIpc) is 3.18. The molecule has 0 bridgehead atoms. The van der Waals surface area contributed by atoms with E-state index in [-0.39, 0.29) is 0 Å². The Labute approximate surface area is 164 Å². The van der Waals surface area contributed by atoms with Crippen LogP contribution in [0.1, 0.15) is 76.3 Å². The molecule has 0 saturated heterocycles. The summed E-state index contributed by atoms with van der Waals surface area (Å²) < 4.78 is 2.48. The number of aryl methyl sites for hydroxylation is 2. The molecule has 4 N–H and O–H groups in total. The fourth-order valence-corrected chi connectivity index (χ4v) is 5.49. The van der Waals surface area contributed by atoms with Crippen molar-refractivity contribution in [3.05, 3.63) is 11.1 Å². The summed E-state index contributed by atoms with van der Waals surface area (Å²) in [4.78, 5) is 9.42. The zero-order chi connectivity index (χ0) is 18.5. The Bertz CT molecular complexity index is 741. The summed E-state index contributed by atoms with van der Waals surface area (Å²) >= 11 is 3.23. The van der Waals surface area contributed by atoms with Crippen LogP contribution in [0.5, 0.6) is 0 Å². The lowest BCUT2D eigenvalue weighted by Gasteiger charge is -2.09. The van der Waals surface area contributed by atoms with Crippen molar-refractivity contribution < 1.29 is 0 Å². The van der Waals surface area contributed by atoms with Crippen LogP contribution in [-0.4, -0.2) is 9.97 Å². The van der Waals surface area contributed by atoms with Crippen LogP contribution in [-0.2, 0) is 12.8 Å². The minimum atomic E-state index is 0.662. The molecule has 0 unspecified atom stereocenters. The van der Waals surface area contributed by atoms with Gasteiger partial charge in [-0.05, 0) is 36.8 Å². The third-order valence-electron chi connectivity index (χ3n) is 4.97. The summed E-state index contributed by atoms with van der Waals surface area (Å²) in [6.07, 6.45) is 12.0. The maximum atomic E-state index is 6.11. The van der Waals surface area contributed by atoms with Gasteiger partial charge in [0.2, 0.25) is 0 Å². The molecule has 4 nitrogen and oxygen atoms in total. The molecule has 1 aromatic carbocycles. The van der Waals surface area contributed by atoms with Gasteiger partial charge in [0.05, 0.1) is 20.4 Å². The van der Waals surface area contributed by atoms with Crippen LogP contribution in [0.15, 0.2) is 0 Å². The first kappa shape index (κ1) is 19.4. The van der Waals surface area contributed by atoms with Gasteiger partial charge in [0.15, 0.2) is 10.3 Å². The molecule has 2 heterocycles. The Morgan fingerprint density at radius 2 is 1.08 bits per heavy atom. The van der Waals surface area contributed by atoms with Crippen LogP contribution >= 0.6 is 22.7 Å². The van der Waals surface area contributed by atoms with Gasteiger partial charge in [-0.2, -0.15) is 0 Å². The fraction of sp³-hybridized carbons (Fsp3) is 0.600. The fourth-order valence-electron chi connectivity index (χ4n) is 3.63. The van der Waals surface area contributed by atoms with Crippen LogP contribution < -0.4 is 11.5 Å². The lowest BCUT2D eigenvalue weighted by molar-refractivity contribution is 0.667. The van der Waals surface area contributed by atoms with Crippen LogP contribution in [0, 0.1) is 0 Å². The zero-order valence-corrected chi connectivity index (χ0v) is 17.6. The van der Waals surface area contributed by atoms with Crippen molar-refractivity contribution in [1.82, 2.24) is 9.97 Å². The van der Waals surface area contributed by atoms with E-state index in [0.29, 0.717) is 10.3 Å². The number of hydrogen-bond acceptors (Lipinski definition) is 6. The van der Waals surface area contributed by atoms with E-state index < -0.39 is 0 Å². The number of nitrogens with zero attached hydrogens (tertiary/aromatic N) is 2. The second-order valence-electron chi connectivity index (χ2n) is 7.04. The Morgan fingerprint density at radius 1 is 0.654 bits per heavy atom. The topological polar surface area (TPSA) is 77.8 Å². The number of fused-ring (bicyclic) bond motifs is 2. The maximum Gasteiger partial charge on any atom is 0.181 e. The molecule has 0 atom stereocenters. The SMILES string of the molecule is CCCCCCc1c2nc(N)sc2c(CCCCCC)c2nc(N)sc12. The van der Waals surface area contributed by atoms with Crippen LogP contribution in [0.25, 0.3) is 20.4 Å². The average molecular weight is 391 g/mol. The predicted octanol–water partition coefficient (Wildman–Crippen LogP) is 6.32. The van der Waals surface area contributed by atoms with Gasteiger partial charge in [0, 0.05) is 0 Å². The molecule has 0 radical (unpaired) electrons. The second kappa shape index (κ2) is 9.00. The molecule has 0 fully saturated rings. The largest absolute Gasteiger partial charge is 0.375 e. The van der Waals surface area contributed by atoms with Gasteiger partial charge in [-0.3, -0.25) is 0 Å². The molecule has 2 aromatic heterocycles. The summed E-state index contributed by atoms with van der Waals surface area (Å²) in [6, 6.07) is 0. The van der Waals surface area contributed by atoms with Gasteiger partial charge >= 0.3 is 0 Å². The molecule has 0 saturated carbocycles. The highest BCUT2D eigenvalue weighted by molar-refractivity contribution is 7.24. The second-order valence-corrected chi connectivity index (χ2v) is 9.10. The van der Waals surface area contributed by atoms with Crippen molar-refractivity contribution in [3.8, 4) is 0 Å². The molecule has 0 aliphatic heterocycles. The molecule has 142 valence electrons. The van der Waals surface area contributed by atoms with E-state index in [1.807, 2.05) is 0 Å². The number of benzene rings is 1. The quantitative estimate of drug-likeness (QED) is 0.397. The predicted molar refractivity (Wildman–Crippen MR) is 117 cm³/mol. The van der Waals surface area contributed by atoms with E-state index in [9.17, 15) is 0 Å². The van der Waals surface area contributed by atoms with E-state index >= 15 is 0 Å². The van der Waals surface area contributed by atoms with Crippen molar-refractivity contribution in [1.29, 1.82) is 0 Å². The van der Waals surface area contributed by atoms with E-state index in [1.54, 1.807) is 22.7 Å². The van der Waals surface area contributed by atoms with Crippen LogP contribution in [0.4, 0.5) is 10.3 Å². The van der Waals surface area contributed by atoms with E-state index in [0.717, 1.165) is 23.9 Å². The van der Waals surface area contributed by atoms with Crippen LogP contribution in [0.3, 0.4) is 0 Å². The standard InChI is InChI=1S/C20H30N4S2/c1-3-5-7-9-11-13-15-18(26-19(21)23-15)14(12-10-8-6-4-2)16-17(13)25-20(22)24-16/h3-12H2,1-2H3,(H2,21,23)(H2,22,24). The number of aromatic nitrogens is 2. The molecule has 3 aromatic rings. The summed E-state index contributed by atoms with van der Waals surface area (Å²) in [5.41, 5.74) is 17.0. The first-order valence-electron chi connectivity index (χ1n) is 9.91. The number of anilines is 2. The Morgan fingerprint density at radius 3 is 1.46 bits per heavy atom. The highest BCUT2D eigenvalue weighted by Crippen LogP contribution is 2.41. The summed E-state index contributed by atoms with van der Waals surface area (Å²) in [5.74, 6) is 0. The van der Waals surface area contributed by atoms with Gasteiger partial charge in [0.1, 0.15) is 0 Å². The first-order valence-corrected chi connectivity index (χ1v) is 11.5. The van der Waals surface area contributed by atoms with Gasteiger partial charge in [-0.15, -0.1) is 0 Å². The molecular formula is C20H30N4S2. The highest BCUT2D eigenvalue weighted by Gasteiger charge is 2.20. The number of rotatable bonds is 10.